The number of halogens is 1. The number of oxime groups is 1. The third-order valence-corrected chi connectivity index (χ3v) is 2.35. The van der Waals surface area contributed by atoms with Crippen LogP contribution < -0.4 is 0 Å². The molecule has 0 unspecified atom stereocenters. The quantitative estimate of drug-likeness (QED) is 0.447. The standard InChI is InChI=1S/C9H10BrNO/c1-6-3-4-9(10)8(5-6)7(2)11-12/h3-5,12H,1-2H3/b11-7+. The molecule has 0 radical (unpaired) electrons. The Labute approximate surface area is 80.0 Å². The van der Waals surface area contributed by atoms with Gasteiger partial charge in [-0.05, 0) is 26.0 Å². The molecule has 0 saturated heterocycles. The van der Waals surface area contributed by atoms with Crippen molar-refractivity contribution in [3.05, 3.63) is 33.8 Å². The van der Waals surface area contributed by atoms with E-state index in [1.54, 1.807) is 6.92 Å². The molecule has 0 atom stereocenters. The summed E-state index contributed by atoms with van der Waals surface area (Å²) in [6, 6.07) is 5.91. The van der Waals surface area contributed by atoms with E-state index in [4.69, 9.17) is 5.21 Å². The molecule has 1 N–H and O–H groups in total. The first-order valence-electron chi connectivity index (χ1n) is 3.60. The predicted molar refractivity (Wildman–Crippen MR) is 52.9 cm³/mol. The first-order valence-corrected chi connectivity index (χ1v) is 4.39. The maximum atomic E-state index is 8.57. The largest absolute Gasteiger partial charge is 0.411 e. The molecule has 0 bridgehead atoms. The first-order chi connectivity index (χ1) is 5.65. The Bertz CT molecular complexity index is 320. The van der Waals surface area contributed by atoms with Crippen LogP contribution in [-0.2, 0) is 0 Å². The molecule has 1 rings (SSSR count). The van der Waals surface area contributed by atoms with E-state index in [0.717, 1.165) is 15.6 Å². The molecule has 0 aliphatic rings. The Hall–Kier alpha value is -0.830. The van der Waals surface area contributed by atoms with Crippen molar-refractivity contribution in [2.75, 3.05) is 0 Å². The lowest BCUT2D eigenvalue weighted by Gasteiger charge is -2.02. The van der Waals surface area contributed by atoms with Gasteiger partial charge >= 0.3 is 0 Å². The van der Waals surface area contributed by atoms with Gasteiger partial charge in [-0.25, -0.2) is 0 Å². The number of nitrogens with zero attached hydrogens (tertiary/aromatic N) is 1. The Morgan fingerprint density at radius 3 is 2.75 bits per heavy atom. The fourth-order valence-corrected chi connectivity index (χ4v) is 1.50. The minimum absolute atomic E-state index is 0.616. The summed E-state index contributed by atoms with van der Waals surface area (Å²) in [7, 11) is 0. The third-order valence-electron chi connectivity index (χ3n) is 1.66. The molecule has 0 fully saturated rings. The molecule has 0 aromatic heterocycles. The van der Waals surface area contributed by atoms with Gasteiger partial charge in [-0.15, -0.1) is 0 Å². The number of rotatable bonds is 1. The van der Waals surface area contributed by atoms with E-state index in [2.05, 4.69) is 21.1 Å². The normalized spacial score (nSPS) is 11.8. The van der Waals surface area contributed by atoms with E-state index in [1.807, 2.05) is 25.1 Å². The van der Waals surface area contributed by atoms with Crippen LogP contribution in [0.2, 0.25) is 0 Å². The molecule has 0 aliphatic heterocycles. The number of hydrogen-bond donors (Lipinski definition) is 1. The molecule has 0 amide bonds. The lowest BCUT2D eigenvalue weighted by molar-refractivity contribution is 0.319. The molecule has 0 saturated carbocycles. The van der Waals surface area contributed by atoms with E-state index in [0.29, 0.717) is 5.71 Å². The molecule has 64 valence electrons. The highest BCUT2D eigenvalue weighted by Gasteiger charge is 2.02. The molecule has 3 heteroatoms. The lowest BCUT2D eigenvalue weighted by Crippen LogP contribution is -1.96. The SMILES string of the molecule is C/C(=N\O)c1cc(C)ccc1Br. The van der Waals surface area contributed by atoms with Gasteiger partial charge in [0.1, 0.15) is 0 Å². The van der Waals surface area contributed by atoms with Crippen molar-refractivity contribution in [2.45, 2.75) is 13.8 Å². The zero-order valence-electron chi connectivity index (χ0n) is 7.00. The van der Waals surface area contributed by atoms with Gasteiger partial charge in [-0.3, -0.25) is 0 Å². The number of aryl methyl sites for hydroxylation is 1. The van der Waals surface area contributed by atoms with Gasteiger partial charge in [0.25, 0.3) is 0 Å². The average Bonchev–Trinajstić information content (AvgIpc) is 2.08. The van der Waals surface area contributed by atoms with Gasteiger partial charge in [0.05, 0.1) is 5.71 Å². The topological polar surface area (TPSA) is 32.6 Å². The van der Waals surface area contributed by atoms with Crippen LogP contribution in [0, 0.1) is 6.92 Å². The van der Waals surface area contributed by atoms with Crippen LogP contribution in [0.15, 0.2) is 27.8 Å². The summed E-state index contributed by atoms with van der Waals surface area (Å²) in [6.07, 6.45) is 0. The second-order valence-corrected chi connectivity index (χ2v) is 3.52. The lowest BCUT2D eigenvalue weighted by atomic mass is 10.1. The van der Waals surface area contributed by atoms with Crippen LogP contribution >= 0.6 is 15.9 Å². The van der Waals surface area contributed by atoms with Crippen molar-refractivity contribution in [3.8, 4) is 0 Å². The van der Waals surface area contributed by atoms with Crippen molar-refractivity contribution in [3.63, 3.8) is 0 Å². The highest BCUT2D eigenvalue weighted by Crippen LogP contribution is 2.18. The smallest absolute Gasteiger partial charge is 0.0848 e. The minimum Gasteiger partial charge on any atom is -0.411 e. The summed E-state index contributed by atoms with van der Waals surface area (Å²) in [5.74, 6) is 0. The predicted octanol–water partition coefficient (Wildman–Crippen LogP) is 2.96. The van der Waals surface area contributed by atoms with E-state index in [1.165, 1.54) is 0 Å². The Kier molecular flexibility index (Phi) is 2.87. The Balaban J connectivity index is 3.23. The van der Waals surface area contributed by atoms with Crippen molar-refractivity contribution >= 4 is 21.6 Å². The fraction of sp³-hybridized carbons (Fsp3) is 0.222. The first kappa shape index (κ1) is 9.26. The molecular weight excluding hydrogens is 218 g/mol. The summed E-state index contributed by atoms with van der Waals surface area (Å²) in [4.78, 5) is 0. The second-order valence-electron chi connectivity index (χ2n) is 2.67. The molecule has 1 aromatic carbocycles. The van der Waals surface area contributed by atoms with Gasteiger partial charge in [-0.2, -0.15) is 0 Å². The van der Waals surface area contributed by atoms with Gasteiger partial charge in [0.15, 0.2) is 0 Å². The fourth-order valence-electron chi connectivity index (χ4n) is 0.970. The summed E-state index contributed by atoms with van der Waals surface area (Å²) in [5, 5.41) is 11.7. The molecule has 12 heavy (non-hydrogen) atoms. The van der Waals surface area contributed by atoms with Crippen LogP contribution in [0.3, 0.4) is 0 Å². The van der Waals surface area contributed by atoms with Crippen molar-refractivity contribution in [1.29, 1.82) is 0 Å². The van der Waals surface area contributed by atoms with Gasteiger partial charge in [-0.1, -0.05) is 32.7 Å². The van der Waals surface area contributed by atoms with E-state index < -0.39 is 0 Å². The van der Waals surface area contributed by atoms with Crippen LogP contribution in [0.4, 0.5) is 0 Å². The summed E-state index contributed by atoms with van der Waals surface area (Å²) < 4.78 is 0.948. The maximum absolute atomic E-state index is 8.57. The second kappa shape index (κ2) is 3.72. The zero-order valence-corrected chi connectivity index (χ0v) is 8.59. The summed E-state index contributed by atoms with van der Waals surface area (Å²) >= 11 is 3.38. The van der Waals surface area contributed by atoms with Crippen LogP contribution in [0.25, 0.3) is 0 Å². The van der Waals surface area contributed by atoms with E-state index >= 15 is 0 Å². The molecule has 1 aromatic rings. The minimum atomic E-state index is 0.616. The number of benzene rings is 1. The molecule has 0 spiro atoms. The molecular formula is C9H10BrNO. The van der Waals surface area contributed by atoms with Crippen molar-refractivity contribution in [1.82, 2.24) is 0 Å². The maximum Gasteiger partial charge on any atom is 0.0848 e. The summed E-state index contributed by atoms with van der Waals surface area (Å²) in [6.45, 7) is 3.76. The van der Waals surface area contributed by atoms with Crippen molar-refractivity contribution < 1.29 is 5.21 Å². The van der Waals surface area contributed by atoms with Crippen LogP contribution in [0.5, 0.6) is 0 Å². The highest BCUT2D eigenvalue weighted by molar-refractivity contribution is 9.10. The van der Waals surface area contributed by atoms with Gasteiger partial charge in [0.2, 0.25) is 0 Å². The molecule has 2 nitrogen and oxygen atoms in total. The van der Waals surface area contributed by atoms with Crippen LogP contribution in [-0.4, -0.2) is 10.9 Å². The molecule has 0 heterocycles. The van der Waals surface area contributed by atoms with E-state index in [-0.39, 0.29) is 0 Å². The van der Waals surface area contributed by atoms with Crippen molar-refractivity contribution in [2.24, 2.45) is 5.16 Å². The van der Waals surface area contributed by atoms with E-state index in [9.17, 15) is 0 Å². The van der Waals surface area contributed by atoms with Gasteiger partial charge < -0.3 is 5.21 Å². The number of hydrogen-bond acceptors (Lipinski definition) is 2. The monoisotopic (exact) mass is 227 g/mol. The molecule has 0 aliphatic carbocycles. The van der Waals surface area contributed by atoms with Crippen LogP contribution in [0.1, 0.15) is 18.1 Å². The average molecular weight is 228 g/mol. The third kappa shape index (κ3) is 1.85. The highest BCUT2D eigenvalue weighted by atomic mass is 79.9. The zero-order chi connectivity index (χ0) is 9.14. The Morgan fingerprint density at radius 2 is 2.17 bits per heavy atom. The van der Waals surface area contributed by atoms with Gasteiger partial charge in [0, 0.05) is 10.0 Å². The summed E-state index contributed by atoms with van der Waals surface area (Å²) in [5.41, 5.74) is 2.69. The Morgan fingerprint density at radius 1 is 1.50 bits per heavy atom.